The number of likely N-dealkylation sites (tertiary alicyclic amines) is 1. The zero-order chi connectivity index (χ0) is 17.2. The normalized spacial score (nSPS) is 20.3. The average Bonchev–Trinajstić information content (AvgIpc) is 3.05. The van der Waals surface area contributed by atoms with Crippen molar-refractivity contribution >= 4 is 22.7 Å². The molecule has 126 valence electrons. The van der Waals surface area contributed by atoms with Gasteiger partial charge in [0, 0.05) is 26.1 Å². The summed E-state index contributed by atoms with van der Waals surface area (Å²) < 4.78 is 5.26. The summed E-state index contributed by atoms with van der Waals surface area (Å²) in [4.78, 5) is 31.6. The highest BCUT2D eigenvalue weighted by Crippen LogP contribution is 2.31. The van der Waals surface area contributed by atoms with Crippen molar-refractivity contribution in [1.29, 1.82) is 0 Å². The molecule has 0 aliphatic carbocycles. The summed E-state index contributed by atoms with van der Waals surface area (Å²) >= 11 is 0. The number of nitrogens with zero attached hydrogens (tertiary/aromatic N) is 2. The highest BCUT2D eigenvalue weighted by Gasteiger charge is 2.49. The molecule has 1 fully saturated rings. The van der Waals surface area contributed by atoms with Crippen molar-refractivity contribution < 1.29 is 14.3 Å². The Morgan fingerprint density at radius 3 is 2.83 bits per heavy atom. The first-order valence-corrected chi connectivity index (χ1v) is 8.01. The first kappa shape index (κ1) is 16.4. The topological polar surface area (TPSA) is 71.5 Å². The van der Waals surface area contributed by atoms with Crippen LogP contribution in [0.1, 0.15) is 23.3 Å². The van der Waals surface area contributed by atoms with Gasteiger partial charge in [0.15, 0.2) is 0 Å². The van der Waals surface area contributed by atoms with Gasteiger partial charge in [0.2, 0.25) is 5.91 Å². The van der Waals surface area contributed by atoms with Crippen LogP contribution in [0.5, 0.6) is 0 Å². The quantitative estimate of drug-likeness (QED) is 0.926. The number of para-hydroxylation sites is 1. The molecular formula is C18H21N3O3. The van der Waals surface area contributed by atoms with Crippen molar-refractivity contribution in [3.8, 4) is 0 Å². The maximum absolute atomic E-state index is 13.0. The highest BCUT2D eigenvalue weighted by molar-refractivity contribution is 6.00. The molecule has 0 spiro atoms. The van der Waals surface area contributed by atoms with E-state index in [2.05, 4.69) is 10.3 Å². The van der Waals surface area contributed by atoms with E-state index in [1.165, 1.54) is 0 Å². The summed E-state index contributed by atoms with van der Waals surface area (Å²) in [5, 5.41) is 3.64. The molecule has 2 amide bonds. The predicted octanol–water partition coefficient (Wildman–Crippen LogP) is 1.60. The Balaban J connectivity index is 1.98. The third-order valence-corrected chi connectivity index (χ3v) is 4.58. The summed E-state index contributed by atoms with van der Waals surface area (Å²) in [5.74, 6) is -0.435. The second-order valence-corrected chi connectivity index (χ2v) is 5.99. The number of hydrogen-bond acceptors (Lipinski definition) is 4. The number of methoxy groups -OCH3 is 1. The van der Waals surface area contributed by atoms with Gasteiger partial charge >= 0.3 is 0 Å². The molecule has 2 aromatic rings. The molecule has 1 aromatic heterocycles. The van der Waals surface area contributed by atoms with Crippen molar-refractivity contribution in [1.82, 2.24) is 15.2 Å². The molecule has 1 N–H and O–H groups in total. The van der Waals surface area contributed by atoms with E-state index < -0.39 is 5.54 Å². The minimum atomic E-state index is -0.964. The number of hydrogen-bond donors (Lipinski definition) is 1. The molecule has 24 heavy (non-hydrogen) atoms. The van der Waals surface area contributed by atoms with Gasteiger partial charge in [-0.15, -0.1) is 0 Å². The number of aromatic nitrogens is 1. The number of fused-ring (bicyclic) bond motifs is 1. The lowest BCUT2D eigenvalue weighted by Crippen LogP contribution is -2.59. The van der Waals surface area contributed by atoms with Crippen LogP contribution in [-0.2, 0) is 9.53 Å². The van der Waals surface area contributed by atoms with E-state index in [1.54, 1.807) is 25.1 Å². The van der Waals surface area contributed by atoms with Crippen LogP contribution in [0.25, 0.3) is 10.9 Å². The molecule has 0 bridgehead atoms. The van der Waals surface area contributed by atoms with E-state index in [9.17, 15) is 9.59 Å². The van der Waals surface area contributed by atoms with Crippen molar-refractivity contribution in [2.75, 3.05) is 27.3 Å². The standard InChI is InChI=1S/C18H21N3O3/c1-19-17(23)18(12-24-2)10-5-11-21(18)16(22)15-9-8-13-6-3-4-7-14(13)20-15/h3-4,6-9H,5,10-12H2,1-2H3,(H,19,23). The highest BCUT2D eigenvalue weighted by atomic mass is 16.5. The Bertz CT molecular complexity index is 777. The summed E-state index contributed by atoms with van der Waals surface area (Å²) in [6, 6.07) is 11.2. The maximum atomic E-state index is 13.0. The minimum absolute atomic E-state index is 0.173. The number of nitrogens with one attached hydrogen (secondary N) is 1. The van der Waals surface area contributed by atoms with Crippen LogP contribution in [-0.4, -0.2) is 54.5 Å². The van der Waals surface area contributed by atoms with Gasteiger partial charge in [0.05, 0.1) is 12.1 Å². The second-order valence-electron chi connectivity index (χ2n) is 5.99. The molecule has 1 aromatic carbocycles. The third-order valence-electron chi connectivity index (χ3n) is 4.58. The van der Waals surface area contributed by atoms with E-state index in [0.717, 1.165) is 17.3 Å². The number of ether oxygens (including phenoxy) is 1. The largest absolute Gasteiger partial charge is 0.382 e. The molecule has 1 atom stereocenters. The van der Waals surface area contributed by atoms with Crippen molar-refractivity contribution in [2.24, 2.45) is 0 Å². The van der Waals surface area contributed by atoms with Crippen molar-refractivity contribution in [3.05, 3.63) is 42.1 Å². The Morgan fingerprint density at radius 1 is 1.29 bits per heavy atom. The second kappa shape index (κ2) is 6.57. The van der Waals surface area contributed by atoms with Crippen LogP contribution in [0, 0.1) is 0 Å². The number of benzene rings is 1. The molecule has 6 heteroatoms. The Labute approximate surface area is 140 Å². The monoisotopic (exact) mass is 327 g/mol. The molecule has 1 aliphatic rings. The first-order valence-electron chi connectivity index (χ1n) is 8.01. The van der Waals surface area contributed by atoms with Gasteiger partial charge in [-0.05, 0) is 25.0 Å². The smallest absolute Gasteiger partial charge is 0.273 e. The minimum Gasteiger partial charge on any atom is -0.382 e. The van der Waals surface area contributed by atoms with Crippen molar-refractivity contribution in [2.45, 2.75) is 18.4 Å². The number of carbonyl (C=O) groups excluding carboxylic acids is 2. The molecule has 0 saturated carbocycles. The molecule has 3 rings (SSSR count). The number of carbonyl (C=O) groups is 2. The molecule has 6 nitrogen and oxygen atoms in total. The van der Waals surface area contributed by atoms with Gasteiger partial charge in [0.1, 0.15) is 11.2 Å². The number of pyridine rings is 1. The maximum Gasteiger partial charge on any atom is 0.273 e. The zero-order valence-electron chi connectivity index (χ0n) is 13.9. The van der Waals surface area contributed by atoms with Crippen LogP contribution in [0.15, 0.2) is 36.4 Å². The van der Waals surface area contributed by atoms with Crippen LogP contribution >= 0.6 is 0 Å². The Morgan fingerprint density at radius 2 is 2.08 bits per heavy atom. The summed E-state index contributed by atoms with van der Waals surface area (Å²) in [6.07, 6.45) is 1.34. The SMILES string of the molecule is CNC(=O)C1(COC)CCCN1C(=O)c1ccc2ccccc2n1. The number of rotatable bonds is 4. The van der Waals surface area contributed by atoms with Gasteiger partial charge in [-0.25, -0.2) is 4.98 Å². The fourth-order valence-electron chi connectivity index (χ4n) is 3.42. The van der Waals surface area contributed by atoms with Crippen LogP contribution in [0.4, 0.5) is 0 Å². The lowest BCUT2D eigenvalue weighted by Gasteiger charge is -2.36. The summed E-state index contributed by atoms with van der Waals surface area (Å²) in [6.45, 7) is 0.691. The van der Waals surface area contributed by atoms with Crippen molar-refractivity contribution in [3.63, 3.8) is 0 Å². The Kier molecular flexibility index (Phi) is 4.49. The van der Waals surface area contributed by atoms with E-state index in [1.807, 2.05) is 30.3 Å². The first-order chi connectivity index (χ1) is 11.6. The van der Waals surface area contributed by atoms with Gasteiger partial charge in [-0.1, -0.05) is 24.3 Å². The van der Waals surface area contributed by atoms with Gasteiger partial charge in [-0.2, -0.15) is 0 Å². The summed E-state index contributed by atoms with van der Waals surface area (Å²) in [7, 11) is 3.12. The van der Waals surface area contributed by atoms with E-state index >= 15 is 0 Å². The van der Waals surface area contributed by atoms with E-state index in [0.29, 0.717) is 18.7 Å². The third kappa shape index (κ3) is 2.63. The van der Waals surface area contributed by atoms with Gasteiger partial charge in [-0.3, -0.25) is 9.59 Å². The van der Waals surface area contributed by atoms with Gasteiger partial charge in [0.25, 0.3) is 5.91 Å². The van der Waals surface area contributed by atoms with E-state index in [-0.39, 0.29) is 18.4 Å². The summed E-state index contributed by atoms with van der Waals surface area (Å²) in [5.41, 5.74) is 0.147. The lowest BCUT2D eigenvalue weighted by atomic mass is 9.95. The molecule has 2 heterocycles. The number of likely N-dealkylation sites (N-methyl/N-ethyl adjacent to an activating group) is 1. The van der Waals surface area contributed by atoms with Crippen LogP contribution < -0.4 is 5.32 Å². The van der Waals surface area contributed by atoms with Crippen LogP contribution in [0.2, 0.25) is 0 Å². The molecular weight excluding hydrogens is 306 g/mol. The molecule has 1 aliphatic heterocycles. The molecule has 0 radical (unpaired) electrons. The molecule has 1 saturated heterocycles. The fraction of sp³-hybridized carbons (Fsp3) is 0.389. The van der Waals surface area contributed by atoms with Gasteiger partial charge < -0.3 is 15.0 Å². The Hall–Kier alpha value is -2.47. The average molecular weight is 327 g/mol. The fourth-order valence-corrected chi connectivity index (χ4v) is 3.42. The molecule has 1 unspecified atom stereocenters. The van der Waals surface area contributed by atoms with Crippen LogP contribution in [0.3, 0.4) is 0 Å². The number of amides is 2. The predicted molar refractivity (Wildman–Crippen MR) is 90.7 cm³/mol. The zero-order valence-corrected chi connectivity index (χ0v) is 13.9. The lowest BCUT2D eigenvalue weighted by molar-refractivity contribution is -0.133. The van der Waals surface area contributed by atoms with E-state index in [4.69, 9.17) is 4.74 Å².